The van der Waals surface area contributed by atoms with E-state index in [1.54, 1.807) is 25.1 Å². The van der Waals surface area contributed by atoms with Crippen LogP contribution in [0.25, 0.3) is 10.9 Å². The lowest BCUT2D eigenvalue weighted by molar-refractivity contribution is 0.0694. The Balaban J connectivity index is 2.83. The van der Waals surface area contributed by atoms with E-state index in [2.05, 4.69) is 0 Å². The molecule has 0 aliphatic rings. The first-order valence-electron chi connectivity index (χ1n) is 6.93. The number of carboxylic acid groups (broad SMARTS) is 1. The van der Waals surface area contributed by atoms with E-state index >= 15 is 0 Å². The van der Waals surface area contributed by atoms with Gasteiger partial charge in [-0.2, -0.15) is 0 Å². The van der Waals surface area contributed by atoms with Gasteiger partial charge in [0.2, 0.25) is 5.43 Å². The van der Waals surface area contributed by atoms with E-state index in [0.717, 1.165) is 0 Å². The number of hydrogen-bond acceptors (Lipinski definition) is 3. The standard InChI is InChI=1S/C16H19NO4/c1-5-17-10(4)14(16(19)20)15(18)12-7-6-11(8-13(12)17)21-9(2)3/h6-9H,5H2,1-4H3,(H,19,20). The third-order valence-electron chi connectivity index (χ3n) is 3.40. The van der Waals surface area contributed by atoms with E-state index in [0.29, 0.717) is 28.9 Å². The Morgan fingerprint density at radius 1 is 1.38 bits per heavy atom. The van der Waals surface area contributed by atoms with Crippen LogP contribution in [0.2, 0.25) is 0 Å². The fraction of sp³-hybridized carbons (Fsp3) is 0.375. The van der Waals surface area contributed by atoms with Crippen LogP contribution in [-0.4, -0.2) is 21.7 Å². The number of aryl methyl sites for hydroxylation is 1. The maximum absolute atomic E-state index is 12.4. The lowest BCUT2D eigenvalue weighted by atomic mass is 10.1. The quantitative estimate of drug-likeness (QED) is 0.939. The normalized spacial score (nSPS) is 11.1. The van der Waals surface area contributed by atoms with Crippen LogP contribution in [0.4, 0.5) is 0 Å². The molecule has 5 heteroatoms. The number of carboxylic acids is 1. The number of hydrogen-bond donors (Lipinski definition) is 1. The molecule has 0 atom stereocenters. The molecule has 0 aliphatic carbocycles. The van der Waals surface area contributed by atoms with Crippen LogP contribution in [-0.2, 0) is 6.54 Å². The molecule has 2 rings (SSSR count). The largest absolute Gasteiger partial charge is 0.491 e. The van der Waals surface area contributed by atoms with Crippen molar-refractivity contribution in [3.05, 3.63) is 39.7 Å². The van der Waals surface area contributed by atoms with Crippen molar-refractivity contribution in [3.63, 3.8) is 0 Å². The highest BCUT2D eigenvalue weighted by Gasteiger charge is 2.19. The molecule has 112 valence electrons. The molecule has 0 spiro atoms. The van der Waals surface area contributed by atoms with Gasteiger partial charge in [0.15, 0.2) is 0 Å². The van der Waals surface area contributed by atoms with E-state index in [-0.39, 0.29) is 11.7 Å². The first kappa shape index (κ1) is 15.1. The summed E-state index contributed by atoms with van der Waals surface area (Å²) >= 11 is 0. The summed E-state index contributed by atoms with van der Waals surface area (Å²) in [6.07, 6.45) is 0.0311. The van der Waals surface area contributed by atoms with E-state index in [1.165, 1.54) is 0 Å². The third-order valence-corrected chi connectivity index (χ3v) is 3.40. The van der Waals surface area contributed by atoms with Crippen molar-refractivity contribution in [1.82, 2.24) is 4.57 Å². The van der Waals surface area contributed by atoms with Crippen LogP contribution in [0, 0.1) is 6.92 Å². The molecular weight excluding hydrogens is 270 g/mol. The second kappa shape index (κ2) is 5.60. The molecule has 1 N–H and O–H groups in total. The van der Waals surface area contributed by atoms with E-state index in [4.69, 9.17) is 4.74 Å². The van der Waals surface area contributed by atoms with Gasteiger partial charge in [0.25, 0.3) is 0 Å². The minimum absolute atomic E-state index is 0.0311. The highest BCUT2D eigenvalue weighted by molar-refractivity contribution is 5.94. The number of pyridine rings is 1. The van der Waals surface area contributed by atoms with Gasteiger partial charge in [-0.3, -0.25) is 4.79 Å². The molecule has 0 aliphatic heterocycles. The first-order chi connectivity index (χ1) is 9.86. The summed E-state index contributed by atoms with van der Waals surface area (Å²) in [5.74, 6) is -0.523. The van der Waals surface area contributed by atoms with Gasteiger partial charge in [-0.05, 0) is 39.8 Å². The van der Waals surface area contributed by atoms with Gasteiger partial charge in [-0.25, -0.2) is 4.79 Å². The minimum atomic E-state index is -1.19. The van der Waals surface area contributed by atoms with Crippen LogP contribution < -0.4 is 10.2 Å². The number of carbonyl (C=O) groups is 1. The Bertz CT molecular complexity index is 759. The van der Waals surface area contributed by atoms with Crippen molar-refractivity contribution < 1.29 is 14.6 Å². The van der Waals surface area contributed by atoms with Crippen LogP contribution in [0.15, 0.2) is 23.0 Å². The van der Waals surface area contributed by atoms with Crippen LogP contribution in [0.3, 0.4) is 0 Å². The molecular formula is C16H19NO4. The molecule has 21 heavy (non-hydrogen) atoms. The number of aromatic nitrogens is 1. The third kappa shape index (κ3) is 2.63. The molecule has 1 aromatic carbocycles. The second-order valence-electron chi connectivity index (χ2n) is 5.18. The molecule has 5 nitrogen and oxygen atoms in total. The fourth-order valence-corrected chi connectivity index (χ4v) is 2.55. The molecule has 0 saturated carbocycles. The zero-order chi connectivity index (χ0) is 15.7. The lowest BCUT2D eigenvalue weighted by Crippen LogP contribution is -2.22. The summed E-state index contributed by atoms with van der Waals surface area (Å²) in [4.78, 5) is 23.7. The summed E-state index contributed by atoms with van der Waals surface area (Å²) < 4.78 is 7.47. The molecule has 0 radical (unpaired) electrons. The molecule has 0 bridgehead atoms. The van der Waals surface area contributed by atoms with E-state index in [9.17, 15) is 14.7 Å². The zero-order valence-corrected chi connectivity index (χ0v) is 12.6. The van der Waals surface area contributed by atoms with Crippen molar-refractivity contribution in [2.24, 2.45) is 0 Å². The zero-order valence-electron chi connectivity index (χ0n) is 12.6. The van der Waals surface area contributed by atoms with Crippen molar-refractivity contribution in [2.75, 3.05) is 0 Å². The van der Waals surface area contributed by atoms with Gasteiger partial charge in [-0.1, -0.05) is 0 Å². The van der Waals surface area contributed by atoms with Gasteiger partial charge >= 0.3 is 5.97 Å². The molecule has 0 fully saturated rings. The number of nitrogens with zero attached hydrogens (tertiary/aromatic N) is 1. The summed E-state index contributed by atoms with van der Waals surface area (Å²) in [7, 11) is 0. The van der Waals surface area contributed by atoms with Gasteiger partial charge in [0.05, 0.1) is 11.6 Å². The van der Waals surface area contributed by atoms with E-state index in [1.807, 2.05) is 25.3 Å². The summed E-state index contributed by atoms with van der Waals surface area (Å²) in [6.45, 7) is 8.00. The number of ether oxygens (including phenoxy) is 1. The molecule has 1 aromatic heterocycles. The van der Waals surface area contributed by atoms with Crippen LogP contribution in [0.5, 0.6) is 5.75 Å². The second-order valence-corrected chi connectivity index (χ2v) is 5.18. The Morgan fingerprint density at radius 2 is 2.05 bits per heavy atom. The highest BCUT2D eigenvalue weighted by Crippen LogP contribution is 2.22. The maximum atomic E-state index is 12.4. The summed E-state index contributed by atoms with van der Waals surface area (Å²) in [6, 6.07) is 5.12. The lowest BCUT2D eigenvalue weighted by Gasteiger charge is -2.16. The Labute approximate surface area is 122 Å². The molecule has 2 aromatic rings. The molecule has 0 saturated heterocycles. The van der Waals surface area contributed by atoms with Crippen molar-refractivity contribution in [2.45, 2.75) is 40.3 Å². The fourth-order valence-electron chi connectivity index (χ4n) is 2.55. The Morgan fingerprint density at radius 3 is 2.57 bits per heavy atom. The first-order valence-corrected chi connectivity index (χ1v) is 6.93. The Hall–Kier alpha value is -2.30. The minimum Gasteiger partial charge on any atom is -0.491 e. The average Bonchev–Trinajstić information content (AvgIpc) is 2.37. The smallest absolute Gasteiger partial charge is 0.341 e. The van der Waals surface area contributed by atoms with Crippen LogP contribution in [0.1, 0.15) is 36.8 Å². The number of rotatable bonds is 4. The van der Waals surface area contributed by atoms with Gasteiger partial charge in [0, 0.05) is 23.7 Å². The van der Waals surface area contributed by atoms with Gasteiger partial charge in [0.1, 0.15) is 11.3 Å². The van der Waals surface area contributed by atoms with Crippen molar-refractivity contribution in [3.8, 4) is 5.75 Å². The number of benzene rings is 1. The van der Waals surface area contributed by atoms with Gasteiger partial charge in [-0.15, -0.1) is 0 Å². The number of aromatic carboxylic acids is 1. The summed E-state index contributed by atoms with van der Waals surface area (Å²) in [5.41, 5.74) is 0.546. The summed E-state index contributed by atoms with van der Waals surface area (Å²) in [5, 5.41) is 9.66. The topological polar surface area (TPSA) is 68.5 Å². The monoisotopic (exact) mass is 289 g/mol. The van der Waals surface area contributed by atoms with Gasteiger partial charge < -0.3 is 14.4 Å². The predicted molar refractivity (Wildman–Crippen MR) is 81.3 cm³/mol. The van der Waals surface area contributed by atoms with Crippen molar-refractivity contribution in [1.29, 1.82) is 0 Å². The SMILES string of the molecule is CCn1c(C)c(C(=O)O)c(=O)c2ccc(OC(C)C)cc21. The van der Waals surface area contributed by atoms with Crippen LogP contribution >= 0.6 is 0 Å². The Kier molecular flexibility index (Phi) is 4.02. The van der Waals surface area contributed by atoms with Crippen molar-refractivity contribution >= 4 is 16.9 Å². The molecule has 0 amide bonds. The average molecular weight is 289 g/mol. The number of fused-ring (bicyclic) bond motifs is 1. The molecule has 1 heterocycles. The maximum Gasteiger partial charge on any atom is 0.341 e. The van der Waals surface area contributed by atoms with E-state index < -0.39 is 11.4 Å². The predicted octanol–water partition coefficient (Wildman–Crippen LogP) is 2.82. The highest BCUT2D eigenvalue weighted by atomic mass is 16.5. The molecule has 0 unspecified atom stereocenters.